The van der Waals surface area contributed by atoms with E-state index in [1.54, 1.807) is 18.3 Å². The Bertz CT molecular complexity index is 887. The second-order valence-electron chi connectivity index (χ2n) is 5.64. The number of halogens is 1. The van der Waals surface area contributed by atoms with Gasteiger partial charge < -0.3 is 5.32 Å². The number of aryl methyl sites for hydroxylation is 2. The molecule has 0 aliphatic rings. The summed E-state index contributed by atoms with van der Waals surface area (Å²) in [5, 5.41) is 7.40. The van der Waals surface area contributed by atoms with Crippen LogP contribution in [-0.2, 0) is 0 Å². The van der Waals surface area contributed by atoms with E-state index in [-0.39, 0.29) is 11.9 Å². The van der Waals surface area contributed by atoms with Crippen molar-refractivity contribution in [3.63, 3.8) is 0 Å². The van der Waals surface area contributed by atoms with Gasteiger partial charge in [0.2, 0.25) is 0 Å². The molecule has 0 bridgehead atoms. The number of aromatic nitrogens is 3. The van der Waals surface area contributed by atoms with Crippen LogP contribution in [0.1, 0.15) is 40.1 Å². The fourth-order valence-corrected chi connectivity index (χ4v) is 2.77. The van der Waals surface area contributed by atoms with E-state index in [1.165, 1.54) is 10.1 Å². The highest BCUT2D eigenvalue weighted by Crippen LogP contribution is 2.19. The molecule has 1 unspecified atom stereocenters. The average Bonchev–Trinajstić information content (AvgIpc) is 2.90. The Hall–Kier alpha value is -2.40. The van der Waals surface area contributed by atoms with Crippen LogP contribution >= 0.6 is 11.6 Å². The Morgan fingerprint density at radius 3 is 2.78 bits per heavy atom. The number of nitrogens with zero attached hydrogens (tertiary/aromatic N) is 3. The quantitative estimate of drug-likeness (QED) is 0.800. The maximum atomic E-state index is 12.4. The van der Waals surface area contributed by atoms with E-state index in [9.17, 15) is 4.79 Å². The van der Waals surface area contributed by atoms with Gasteiger partial charge in [0.25, 0.3) is 5.91 Å². The second-order valence-corrected chi connectivity index (χ2v) is 6.03. The van der Waals surface area contributed by atoms with Crippen molar-refractivity contribution in [2.75, 3.05) is 0 Å². The van der Waals surface area contributed by atoms with Crippen LogP contribution in [0.3, 0.4) is 0 Å². The fraction of sp³-hybridized carbons (Fsp3) is 0.235. The number of benzene rings is 1. The van der Waals surface area contributed by atoms with Crippen molar-refractivity contribution in [1.82, 2.24) is 19.9 Å². The molecule has 0 radical (unpaired) electrons. The number of imidazole rings is 1. The maximum Gasteiger partial charge on any atom is 0.272 e. The summed E-state index contributed by atoms with van der Waals surface area (Å²) in [6, 6.07) is 9.45. The number of hydrogen-bond donors (Lipinski definition) is 1. The van der Waals surface area contributed by atoms with E-state index in [0.717, 1.165) is 11.1 Å². The van der Waals surface area contributed by atoms with Gasteiger partial charge in [-0.2, -0.15) is 5.10 Å². The summed E-state index contributed by atoms with van der Waals surface area (Å²) in [5.74, 6) is -0.237. The zero-order valence-electron chi connectivity index (χ0n) is 13.2. The largest absolute Gasteiger partial charge is 0.344 e. The highest BCUT2D eigenvalue weighted by molar-refractivity contribution is 6.29. The smallest absolute Gasteiger partial charge is 0.272 e. The number of rotatable bonds is 3. The first-order valence-corrected chi connectivity index (χ1v) is 7.72. The summed E-state index contributed by atoms with van der Waals surface area (Å²) >= 11 is 5.84. The van der Waals surface area contributed by atoms with Crippen LogP contribution < -0.4 is 5.32 Å². The van der Waals surface area contributed by atoms with E-state index in [1.807, 2.05) is 26.0 Å². The molecule has 1 N–H and O–H groups in total. The monoisotopic (exact) mass is 328 g/mol. The molecule has 0 aliphatic heterocycles. The number of hydrogen-bond acceptors (Lipinski definition) is 3. The molecule has 1 amide bonds. The van der Waals surface area contributed by atoms with Gasteiger partial charge in [-0.1, -0.05) is 35.4 Å². The predicted octanol–water partition coefficient (Wildman–Crippen LogP) is 3.49. The molecular weight excluding hydrogens is 312 g/mol. The zero-order valence-corrected chi connectivity index (χ0v) is 13.9. The lowest BCUT2D eigenvalue weighted by molar-refractivity contribution is 0.0935. The molecule has 5 nitrogen and oxygen atoms in total. The average molecular weight is 329 g/mol. The number of carbonyl (C=O) groups excluding carboxylic acids is 1. The van der Waals surface area contributed by atoms with Gasteiger partial charge in [-0.15, -0.1) is 0 Å². The molecule has 0 aliphatic carbocycles. The summed E-state index contributed by atoms with van der Waals surface area (Å²) in [6.07, 6.45) is 1.57. The second kappa shape index (κ2) is 6.01. The summed E-state index contributed by atoms with van der Waals surface area (Å²) in [4.78, 5) is 16.7. The van der Waals surface area contributed by atoms with Crippen molar-refractivity contribution in [3.8, 4) is 0 Å². The highest BCUT2D eigenvalue weighted by atomic mass is 35.5. The van der Waals surface area contributed by atoms with Gasteiger partial charge in [0, 0.05) is 0 Å². The molecule has 0 spiro atoms. The third kappa shape index (κ3) is 3.19. The first-order valence-electron chi connectivity index (χ1n) is 7.34. The van der Waals surface area contributed by atoms with Crippen molar-refractivity contribution < 1.29 is 4.79 Å². The van der Waals surface area contributed by atoms with E-state index in [4.69, 9.17) is 11.6 Å². The van der Waals surface area contributed by atoms with Crippen LogP contribution in [0, 0.1) is 13.8 Å². The van der Waals surface area contributed by atoms with Crippen LogP contribution in [-0.4, -0.2) is 20.5 Å². The summed E-state index contributed by atoms with van der Waals surface area (Å²) in [5.41, 5.74) is 4.35. The predicted molar refractivity (Wildman–Crippen MR) is 89.8 cm³/mol. The first-order chi connectivity index (χ1) is 10.9. The molecule has 6 heteroatoms. The van der Waals surface area contributed by atoms with E-state index >= 15 is 0 Å². The molecule has 3 rings (SSSR count). The van der Waals surface area contributed by atoms with E-state index in [0.29, 0.717) is 16.5 Å². The van der Waals surface area contributed by atoms with Crippen molar-refractivity contribution in [3.05, 3.63) is 64.1 Å². The van der Waals surface area contributed by atoms with Gasteiger partial charge in [0.1, 0.15) is 10.8 Å². The third-order valence-corrected chi connectivity index (χ3v) is 3.96. The van der Waals surface area contributed by atoms with Gasteiger partial charge in [0.05, 0.1) is 12.2 Å². The fourth-order valence-electron chi connectivity index (χ4n) is 2.63. The normalized spacial score (nSPS) is 12.3. The summed E-state index contributed by atoms with van der Waals surface area (Å²) < 4.78 is 1.50. The van der Waals surface area contributed by atoms with Gasteiger partial charge in [0.15, 0.2) is 5.65 Å². The highest BCUT2D eigenvalue weighted by Gasteiger charge is 2.16. The number of nitrogens with one attached hydrogen (secondary N) is 1. The van der Waals surface area contributed by atoms with Crippen LogP contribution in [0.2, 0.25) is 5.15 Å². The molecule has 3 aromatic rings. The Labute approximate surface area is 139 Å². The molecule has 2 aromatic heterocycles. The first kappa shape index (κ1) is 15.5. The van der Waals surface area contributed by atoms with Crippen LogP contribution in [0.15, 0.2) is 36.5 Å². The molecular formula is C17H17ClN4O. The van der Waals surface area contributed by atoms with Crippen LogP contribution in [0.4, 0.5) is 0 Å². The zero-order chi connectivity index (χ0) is 16.6. The Morgan fingerprint density at radius 2 is 2.04 bits per heavy atom. The molecule has 2 heterocycles. The molecule has 0 saturated carbocycles. The lowest BCUT2D eigenvalue weighted by atomic mass is 10.0. The van der Waals surface area contributed by atoms with Gasteiger partial charge in [-0.3, -0.25) is 4.79 Å². The number of fused-ring (bicyclic) bond motifs is 1. The minimum absolute atomic E-state index is 0.107. The number of carbonyl (C=O) groups is 1. The lowest BCUT2D eigenvalue weighted by Crippen LogP contribution is -2.27. The molecule has 0 saturated heterocycles. The minimum Gasteiger partial charge on any atom is -0.344 e. The van der Waals surface area contributed by atoms with Gasteiger partial charge in [-0.25, -0.2) is 9.50 Å². The molecule has 1 atom stereocenters. The Morgan fingerprint density at radius 1 is 1.26 bits per heavy atom. The SMILES string of the molecule is Cc1ccc(C(C)NC(=O)c2cn3nc(Cl)ccc3n2)c(C)c1. The summed E-state index contributed by atoms with van der Waals surface area (Å²) in [6.45, 7) is 6.05. The standard InChI is InChI=1S/C17H17ClN4O/c1-10-4-5-13(11(2)8-10)12(3)19-17(23)14-9-22-16(20-14)7-6-15(18)21-22/h4-9,12H,1-3H3,(H,19,23). The van der Waals surface area contributed by atoms with Crippen molar-refractivity contribution in [2.45, 2.75) is 26.8 Å². The Kier molecular flexibility index (Phi) is 4.05. The molecule has 0 fully saturated rings. The molecule has 118 valence electrons. The van der Waals surface area contributed by atoms with Crippen molar-refractivity contribution >= 4 is 23.2 Å². The topological polar surface area (TPSA) is 59.3 Å². The van der Waals surface area contributed by atoms with Crippen LogP contribution in [0.5, 0.6) is 0 Å². The van der Waals surface area contributed by atoms with E-state index < -0.39 is 0 Å². The molecule has 1 aromatic carbocycles. The number of amides is 1. The third-order valence-electron chi connectivity index (χ3n) is 3.76. The summed E-state index contributed by atoms with van der Waals surface area (Å²) in [7, 11) is 0. The van der Waals surface area contributed by atoms with Gasteiger partial charge >= 0.3 is 0 Å². The van der Waals surface area contributed by atoms with Gasteiger partial charge in [-0.05, 0) is 44.0 Å². The lowest BCUT2D eigenvalue weighted by Gasteiger charge is -2.16. The molecule has 23 heavy (non-hydrogen) atoms. The van der Waals surface area contributed by atoms with Crippen LogP contribution in [0.25, 0.3) is 5.65 Å². The van der Waals surface area contributed by atoms with Crippen molar-refractivity contribution in [2.24, 2.45) is 0 Å². The minimum atomic E-state index is -0.237. The van der Waals surface area contributed by atoms with Crippen molar-refractivity contribution in [1.29, 1.82) is 0 Å². The Balaban J connectivity index is 1.82. The van der Waals surface area contributed by atoms with E-state index in [2.05, 4.69) is 28.4 Å². The maximum absolute atomic E-state index is 12.4.